The van der Waals surface area contributed by atoms with Gasteiger partial charge in [0.15, 0.2) is 0 Å². The molecule has 0 saturated carbocycles. The summed E-state index contributed by atoms with van der Waals surface area (Å²) >= 11 is 5.96. The topological polar surface area (TPSA) is 67.9 Å². The molecule has 1 aliphatic rings. The molecule has 1 aromatic carbocycles. The van der Waals surface area contributed by atoms with Crippen LogP contribution in [0.5, 0.6) is 5.75 Å². The zero-order chi connectivity index (χ0) is 16.8. The van der Waals surface area contributed by atoms with E-state index in [9.17, 15) is 9.59 Å². The summed E-state index contributed by atoms with van der Waals surface area (Å²) in [7, 11) is 1.52. The molecule has 1 atom stereocenters. The summed E-state index contributed by atoms with van der Waals surface area (Å²) in [6, 6.07) is 4.73. The summed E-state index contributed by atoms with van der Waals surface area (Å²) in [6.07, 6.45) is 1.51. The molecule has 1 aromatic rings. The SMILES string of the molecule is CCOC(=O)C1CCCN(C(=O)Nc2cc(Cl)ccc2OC)C1. The number of amides is 2. The lowest BCUT2D eigenvalue weighted by Gasteiger charge is -2.31. The van der Waals surface area contributed by atoms with Crippen LogP contribution in [0, 0.1) is 5.92 Å². The van der Waals surface area contributed by atoms with Crippen molar-refractivity contribution >= 4 is 29.3 Å². The van der Waals surface area contributed by atoms with Crippen LogP contribution in [-0.2, 0) is 9.53 Å². The number of rotatable bonds is 4. The molecule has 0 aliphatic carbocycles. The fourth-order valence-corrected chi connectivity index (χ4v) is 2.76. The number of urea groups is 1. The zero-order valence-electron chi connectivity index (χ0n) is 13.3. The summed E-state index contributed by atoms with van der Waals surface area (Å²) in [5.41, 5.74) is 0.503. The molecule has 2 amide bonds. The highest BCUT2D eigenvalue weighted by molar-refractivity contribution is 6.31. The molecule has 1 unspecified atom stereocenters. The van der Waals surface area contributed by atoms with E-state index in [2.05, 4.69) is 5.32 Å². The molecule has 7 heteroatoms. The molecule has 0 bridgehead atoms. The van der Waals surface area contributed by atoms with Crippen molar-refractivity contribution < 1.29 is 19.1 Å². The van der Waals surface area contributed by atoms with Crippen molar-refractivity contribution in [1.82, 2.24) is 4.90 Å². The molecule has 1 fully saturated rings. The van der Waals surface area contributed by atoms with Crippen LogP contribution >= 0.6 is 11.6 Å². The van der Waals surface area contributed by atoms with Gasteiger partial charge in [-0.2, -0.15) is 0 Å². The Hall–Kier alpha value is -1.95. The first-order valence-corrected chi connectivity index (χ1v) is 7.99. The normalized spacial score (nSPS) is 17.5. The number of methoxy groups -OCH3 is 1. The van der Waals surface area contributed by atoms with Gasteiger partial charge in [-0.25, -0.2) is 4.79 Å². The van der Waals surface area contributed by atoms with Crippen LogP contribution in [0.2, 0.25) is 5.02 Å². The van der Waals surface area contributed by atoms with E-state index in [0.29, 0.717) is 36.2 Å². The molecule has 2 rings (SSSR count). The third-order valence-corrected chi connectivity index (χ3v) is 3.97. The number of likely N-dealkylation sites (tertiary alicyclic amines) is 1. The van der Waals surface area contributed by atoms with Crippen molar-refractivity contribution in [2.45, 2.75) is 19.8 Å². The Balaban J connectivity index is 2.03. The molecule has 0 spiro atoms. The molecule has 23 heavy (non-hydrogen) atoms. The van der Waals surface area contributed by atoms with Crippen molar-refractivity contribution in [2.75, 3.05) is 32.1 Å². The average molecular weight is 341 g/mol. The Morgan fingerprint density at radius 3 is 2.91 bits per heavy atom. The Labute approximate surface area is 140 Å². The van der Waals surface area contributed by atoms with Crippen LogP contribution < -0.4 is 10.1 Å². The van der Waals surface area contributed by atoms with Crippen molar-refractivity contribution in [2.24, 2.45) is 5.92 Å². The number of anilines is 1. The first-order valence-electron chi connectivity index (χ1n) is 7.61. The fraction of sp³-hybridized carbons (Fsp3) is 0.500. The fourth-order valence-electron chi connectivity index (χ4n) is 2.59. The molecular weight excluding hydrogens is 320 g/mol. The van der Waals surface area contributed by atoms with Crippen molar-refractivity contribution in [3.8, 4) is 5.75 Å². The lowest BCUT2D eigenvalue weighted by Crippen LogP contribution is -2.44. The average Bonchev–Trinajstić information content (AvgIpc) is 2.55. The number of nitrogens with one attached hydrogen (secondary N) is 1. The largest absolute Gasteiger partial charge is 0.495 e. The lowest BCUT2D eigenvalue weighted by atomic mass is 9.98. The molecule has 1 saturated heterocycles. The van der Waals surface area contributed by atoms with Crippen molar-refractivity contribution in [3.05, 3.63) is 23.2 Å². The maximum absolute atomic E-state index is 12.4. The van der Waals surface area contributed by atoms with Gasteiger partial charge in [-0.15, -0.1) is 0 Å². The third-order valence-electron chi connectivity index (χ3n) is 3.73. The number of hydrogen-bond donors (Lipinski definition) is 1. The summed E-state index contributed by atoms with van der Waals surface area (Å²) in [6.45, 7) is 3.08. The number of hydrogen-bond acceptors (Lipinski definition) is 4. The lowest BCUT2D eigenvalue weighted by molar-refractivity contribution is -0.149. The highest BCUT2D eigenvalue weighted by Gasteiger charge is 2.29. The molecule has 1 aliphatic heterocycles. The predicted molar refractivity (Wildman–Crippen MR) is 88.0 cm³/mol. The van der Waals surface area contributed by atoms with Gasteiger partial charge in [0.1, 0.15) is 5.75 Å². The second kappa shape index (κ2) is 8.06. The summed E-state index contributed by atoms with van der Waals surface area (Å²) in [4.78, 5) is 25.9. The number of carbonyl (C=O) groups excluding carboxylic acids is 2. The van der Waals surface area contributed by atoms with E-state index in [1.54, 1.807) is 30.0 Å². The van der Waals surface area contributed by atoms with Gasteiger partial charge in [0, 0.05) is 18.1 Å². The molecule has 6 nitrogen and oxygen atoms in total. The van der Waals surface area contributed by atoms with Gasteiger partial charge in [-0.1, -0.05) is 11.6 Å². The standard InChI is InChI=1S/C16H21ClN2O4/c1-3-23-15(20)11-5-4-8-19(10-11)16(21)18-13-9-12(17)6-7-14(13)22-2/h6-7,9,11H,3-5,8,10H2,1-2H3,(H,18,21). The number of nitrogens with zero attached hydrogens (tertiary/aromatic N) is 1. The minimum absolute atomic E-state index is 0.245. The van der Waals surface area contributed by atoms with Gasteiger partial charge in [0.25, 0.3) is 0 Å². The maximum atomic E-state index is 12.4. The minimum atomic E-state index is -0.278. The second-order valence-electron chi connectivity index (χ2n) is 5.31. The van der Waals surface area contributed by atoms with E-state index >= 15 is 0 Å². The second-order valence-corrected chi connectivity index (χ2v) is 5.75. The van der Waals surface area contributed by atoms with Gasteiger partial charge in [-0.3, -0.25) is 4.79 Å². The number of esters is 1. The Morgan fingerprint density at radius 1 is 1.43 bits per heavy atom. The number of piperidine rings is 1. The van der Waals surface area contributed by atoms with Gasteiger partial charge in [0.2, 0.25) is 0 Å². The smallest absolute Gasteiger partial charge is 0.321 e. The van der Waals surface area contributed by atoms with Crippen molar-refractivity contribution in [1.29, 1.82) is 0 Å². The molecule has 1 heterocycles. The first kappa shape index (κ1) is 17.4. The van der Waals surface area contributed by atoms with Crippen molar-refractivity contribution in [3.63, 3.8) is 0 Å². The summed E-state index contributed by atoms with van der Waals surface area (Å²) < 4.78 is 10.3. The maximum Gasteiger partial charge on any atom is 0.321 e. The highest BCUT2D eigenvalue weighted by atomic mass is 35.5. The monoisotopic (exact) mass is 340 g/mol. The number of carbonyl (C=O) groups is 2. The van der Waals surface area contributed by atoms with E-state index in [-0.39, 0.29) is 17.9 Å². The predicted octanol–water partition coefficient (Wildman–Crippen LogP) is 3.16. The zero-order valence-corrected chi connectivity index (χ0v) is 14.1. The van der Waals surface area contributed by atoms with Crippen LogP contribution in [0.15, 0.2) is 18.2 Å². The Morgan fingerprint density at radius 2 is 2.22 bits per heavy atom. The van der Waals surface area contributed by atoms with E-state index in [1.807, 2.05) is 0 Å². The quantitative estimate of drug-likeness (QED) is 0.855. The van der Waals surface area contributed by atoms with Crippen LogP contribution in [0.3, 0.4) is 0 Å². The molecule has 126 valence electrons. The number of benzene rings is 1. The van der Waals surface area contributed by atoms with Crippen LogP contribution in [0.1, 0.15) is 19.8 Å². The Bertz CT molecular complexity index is 579. The molecular formula is C16H21ClN2O4. The van der Waals surface area contributed by atoms with Gasteiger partial charge < -0.3 is 19.7 Å². The Kier molecular flexibility index (Phi) is 6.10. The van der Waals surface area contributed by atoms with Crippen LogP contribution in [-0.4, -0.2) is 43.7 Å². The van der Waals surface area contributed by atoms with Gasteiger partial charge in [0.05, 0.1) is 25.3 Å². The highest BCUT2D eigenvalue weighted by Crippen LogP contribution is 2.28. The first-order chi connectivity index (χ1) is 11.0. The molecule has 1 N–H and O–H groups in total. The minimum Gasteiger partial charge on any atom is -0.495 e. The number of halogens is 1. The van der Waals surface area contributed by atoms with Crippen LogP contribution in [0.25, 0.3) is 0 Å². The van der Waals surface area contributed by atoms with E-state index in [4.69, 9.17) is 21.1 Å². The van der Waals surface area contributed by atoms with E-state index in [1.165, 1.54) is 7.11 Å². The van der Waals surface area contributed by atoms with Crippen LogP contribution in [0.4, 0.5) is 10.5 Å². The van der Waals surface area contributed by atoms with E-state index < -0.39 is 0 Å². The summed E-state index contributed by atoms with van der Waals surface area (Å²) in [5, 5.41) is 3.29. The third kappa shape index (κ3) is 4.51. The molecule has 0 aromatic heterocycles. The van der Waals surface area contributed by atoms with Gasteiger partial charge in [-0.05, 0) is 38.0 Å². The number of ether oxygens (including phenoxy) is 2. The molecule has 0 radical (unpaired) electrons. The van der Waals surface area contributed by atoms with E-state index in [0.717, 1.165) is 12.8 Å². The van der Waals surface area contributed by atoms with Gasteiger partial charge >= 0.3 is 12.0 Å². The summed E-state index contributed by atoms with van der Waals surface area (Å²) in [5.74, 6) is 0.0164.